The van der Waals surface area contributed by atoms with Gasteiger partial charge in [-0.1, -0.05) is 74.0 Å². The Hall–Kier alpha value is -2.80. The van der Waals surface area contributed by atoms with Gasteiger partial charge in [0, 0.05) is 23.5 Å². The minimum atomic E-state index is 1.13. The molecule has 2 aromatic carbocycles. The Labute approximate surface area is 149 Å². The topological polar surface area (TPSA) is 4.41 Å². The molecule has 0 aliphatic rings. The Morgan fingerprint density at radius 1 is 0.720 bits per heavy atom. The fourth-order valence-corrected chi connectivity index (χ4v) is 3.52. The van der Waals surface area contributed by atoms with E-state index in [0.717, 1.165) is 6.42 Å². The summed E-state index contributed by atoms with van der Waals surface area (Å²) in [4.78, 5) is 0. The summed E-state index contributed by atoms with van der Waals surface area (Å²) in [6.07, 6.45) is 8.00. The lowest BCUT2D eigenvalue weighted by Crippen LogP contribution is -1.88. The average molecular weight is 325 g/mol. The summed E-state index contributed by atoms with van der Waals surface area (Å²) in [6, 6.07) is 26.0. The van der Waals surface area contributed by atoms with Crippen molar-refractivity contribution in [3.8, 4) is 22.3 Å². The van der Waals surface area contributed by atoms with Gasteiger partial charge in [-0.05, 0) is 47.2 Å². The third-order valence-electron chi connectivity index (χ3n) is 4.88. The minimum Gasteiger partial charge on any atom is -0.323 e. The van der Waals surface area contributed by atoms with Gasteiger partial charge in [0.2, 0.25) is 0 Å². The van der Waals surface area contributed by atoms with Gasteiger partial charge < -0.3 is 4.40 Å². The average Bonchev–Trinajstić information content (AvgIpc) is 3.06. The summed E-state index contributed by atoms with van der Waals surface area (Å²) in [5, 5.41) is 0. The van der Waals surface area contributed by atoms with Crippen molar-refractivity contribution >= 4 is 5.52 Å². The van der Waals surface area contributed by atoms with Crippen LogP contribution in [0.2, 0.25) is 0 Å². The molecule has 4 aromatic rings. The Morgan fingerprint density at radius 2 is 1.40 bits per heavy atom. The SMILES string of the molecule is CCCCc1c(-c2ccc(-c3ccccc3)cc2)cn2ccccc12. The second-order valence-electron chi connectivity index (χ2n) is 6.56. The Balaban J connectivity index is 1.76. The first-order valence-electron chi connectivity index (χ1n) is 9.11. The van der Waals surface area contributed by atoms with Crippen LogP contribution in [0.25, 0.3) is 27.8 Å². The van der Waals surface area contributed by atoms with E-state index >= 15 is 0 Å². The molecule has 0 saturated carbocycles. The largest absolute Gasteiger partial charge is 0.323 e. The summed E-state index contributed by atoms with van der Waals surface area (Å²) >= 11 is 0. The van der Waals surface area contributed by atoms with E-state index in [1.165, 1.54) is 46.2 Å². The highest BCUT2D eigenvalue weighted by atomic mass is 14.9. The maximum absolute atomic E-state index is 2.28. The molecule has 25 heavy (non-hydrogen) atoms. The minimum absolute atomic E-state index is 1.13. The maximum atomic E-state index is 2.28. The quantitative estimate of drug-likeness (QED) is 0.388. The normalized spacial score (nSPS) is 11.1. The van der Waals surface area contributed by atoms with E-state index < -0.39 is 0 Å². The number of hydrogen-bond donors (Lipinski definition) is 0. The second kappa shape index (κ2) is 6.98. The van der Waals surface area contributed by atoms with Gasteiger partial charge in [-0.25, -0.2) is 0 Å². The van der Waals surface area contributed by atoms with Gasteiger partial charge in [0.15, 0.2) is 0 Å². The summed E-state index contributed by atoms with van der Waals surface area (Å²) in [5.41, 5.74) is 7.99. The van der Waals surface area contributed by atoms with E-state index in [-0.39, 0.29) is 0 Å². The molecule has 0 unspecified atom stereocenters. The van der Waals surface area contributed by atoms with Crippen molar-refractivity contribution in [2.75, 3.05) is 0 Å². The van der Waals surface area contributed by atoms with Crippen LogP contribution in [0, 0.1) is 0 Å². The molecule has 2 aromatic heterocycles. The predicted molar refractivity (Wildman–Crippen MR) is 107 cm³/mol. The van der Waals surface area contributed by atoms with E-state index in [1.54, 1.807) is 0 Å². The van der Waals surface area contributed by atoms with Gasteiger partial charge in [0.25, 0.3) is 0 Å². The van der Waals surface area contributed by atoms with Crippen molar-refractivity contribution in [3.63, 3.8) is 0 Å². The van der Waals surface area contributed by atoms with Crippen LogP contribution in [0.4, 0.5) is 0 Å². The summed E-state index contributed by atoms with van der Waals surface area (Å²) < 4.78 is 2.26. The number of pyridine rings is 1. The predicted octanol–water partition coefficient (Wildman–Crippen LogP) is 6.62. The molecule has 0 N–H and O–H groups in total. The molecule has 0 atom stereocenters. The summed E-state index contributed by atoms with van der Waals surface area (Å²) in [6.45, 7) is 2.26. The lowest BCUT2D eigenvalue weighted by atomic mass is 9.97. The zero-order chi connectivity index (χ0) is 17.1. The van der Waals surface area contributed by atoms with Crippen LogP contribution >= 0.6 is 0 Å². The van der Waals surface area contributed by atoms with Crippen LogP contribution in [-0.2, 0) is 6.42 Å². The van der Waals surface area contributed by atoms with Crippen molar-refractivity contribution in [2.45, 2.75) is 26.2 Å². The Morgan fingerprint density at radius 3 is 2.16 bits per heavy atom. The molecule has 0 fully saturated rings. The number of unbranched alkanes of at least 4 members (excludes halogenated alkanes) is 1. The highest BCUT2D eigenvalue weighted by Gasteiger charge is 2.12. The van der Waals surface area contributed by atoms with Crippen molar-refractivity contribution in [1.82, 2.24) is 4.40 Å². The maximum Gasteiger partial charge on any atom is 0.0488 e. The van der Waals surface area contributed by atoms with Crippen molar-refractivity contribution < 1.29 is 0 Å². The molecule has 124 valence electrons. The van der Waals surface area contributed by atoms with Crippen LogP contribution in [0.5, 0.6) is 0 Å². The molecule has 0 bridgehead atoms. The Kier molecular flexibility index (Phi) is 4.39. The van der Waals surface area contributed by atoms with E-state index in [9.17, 15) is 0 Å². The first kappa shape index (κ1) is 15.7. The van der Waals surface area contributed by atoms with Crippen LogP contribution < -0.4 is 0 Å². The number of aromatic nitrogens is 1. The van der Waals surface area contributed by atoms with E-state index in [1.807, 2.05) is 0 Å². The molecule has 0 spiro atoms. The fraction of sp³-hybridized carbons (Fsp3) is 0.167. The molecular weight excluding hydrogens is 302 g/mol. The van der Waals surface area contributed by atoms with E-state index in [4.69, 9.17) is 0 Å². The van der Waals surface area contributed by atoms with Crippen molar-refractivity contribution in [2.24, 2.45) is 0 Å². The standard InChI is InChI=1S/C24H23N/c1-2-3-11-22-23(18-25-17-8-7-12-24(22)25)21-15-13-20(14-16-21)19-9-5-4-6-10-19/h4-10,12-18H,2-3,11H2,1H3. The number of rotatable bonds is 5. The third-order valence-corrected chi connectivity index (χ3v) is 4.88. The van der Waals surface area contributed by atoms with E-state index in [2.05, 4.69) is 96.5 Å². The van der Waals surface area contributed by atoms with Crippen molar-refractivity contribution in [1.29, 1.82) is 0 Å². The van der Waals surface area contributed by atoms with Crippen LogP contribution in [-0.4, -0.2) is 4.40 Å². The number of hydrogen-bond acceptors (Lipinski definition) is 0. The Bertz CT molecular complexity index is 962. The van der Waals surface area contributed by atoms with Gasteiger partial charge >= 0.3 is 0 Å². The van der Waals surface area contributed by atoms with Gasteiger partial charge in [-0.2, -0.15) is 0 Å². The zero-order valence-electron chi connectivity index (χ0n) is 14.7. The molecule has 0 aliphatic heterocycles. The lowest BCUT2D eigenvalue weighted by molar-refractivity contribution is 0.800. The smallest absolute Gasteiger partial charge is 0.0488 e. The molecule has 1 heteroatoms. The molecule has 0 amide bonds. The molecule has 1 nitrogen and oxygen atoms in total. The second-order valence-corrected chi connectivity index (χ2v) is 6.56. The van der Waals surface area contributed by atoms with E-state index in [0.29, 0.717) is 0 Å². The zero-order valence-corrected chi connectivity index (χ0v) is 14.7. The molecule has 2 heterocycles. The van der Waals surface area contributed by atoms with Crippen LogP contribution in [0.15, 0.2) is 85.2 Å². The first-order valence-corrected chi connectivity index (χ1v) is 9.11. The molecular formula is C24H23N. The summed E-state index contributed by atoms with van der Waals surface area (Å²) in [7, 11) is 0. The van der Waals surface area contributed by atoms with Gasteiger partial charge in [0.1, 0.15) is 0 Å². The number of nitrogens with zero attached hydrogens (tertiary/aromatic N) is 1. The third kappa shape index (κ3) is 3.10. The summed E-state index contributed by atoms with van der Waals surface area (Å²) in [5.74, 6) is 0. The van der Waals surface area contributed by atoms with Crippen LogP contribution in [0.3, 0.4) is 0 Å². The van der Waals surface area contributed by atoms with Gasteiger partial charge in [-0.15, -0.1) is 0 Å². The molecule has 0 aliphatic carbocycles. The number of fused-ring (bicyclic) bond motifs is 1. The van der Waals surface area contributed by atoms with Gasteiger partial charge in [0.05, 0.1) is 0 Å². The molecule has 0 radical (unpaired) electrons. The monoisotopic (exact) mass is 325 g/mol. The van der Waals surface area contributed by atoms with Crippen LogP contribution in [0.1, 0.15) is 25.3 Å². The van der Waals surface area contributed by atoms with Crippen molar-refractivity contribution in [3.05, 3.63) is 90.8 Å². The molecule has 4 rings (SSSR count). The molecule has 0 saturated heterocycles. The van der Waals surface area contributed by atoms with Gasteiger partial charge in [-0.3, -0.25) is 0 Å². The highest BCUT2D eigenvalue weighted by Crippen LogP contribution is 2.31. The fourth-order valence-electron chi connectivity index (χ4n) is 3.52. The number of aryl methyl sites for hydroxylation is 1. The highest BCUT2D eigenvalue weighted by molar-refractivity contribution is 5.78. The first-order chi connectivity index (χ1) is 12.4. The number of benzene rings is 2. The lowest BCUT2D eigenvalue weighted by Gasteiger charge is -2.07.